The van der Waals surface area contributed by atoms with Crippen LogP contribution in [0.25, 0.3) is 0 Å². The molecule has 0 fully saturated rings. The summed E-state index contributed by atoms with van der Waals surface area (Å²) in [5, 5.41) is 21.6. The number of benzene rings is 1. The van der Waals surface area contributed by atoms with Gasteiger partial charge in [-0.3, -0.25) is 19.7 Å². The fourth-order valence-corrected chi connectivity index (χ4v) is 3.19. The zero-order chi connectivity index (χ0) is 20.3. The van der Waals surface area contributed by atoms with Gasteiger partial charge in [0.15, 0.2) is 11.5 Å². The molecule has 28 heavy (non-hydrogen) atoms. The number of ether oxygens (including phenoxy) is 1. The van der Waals surface area contributed by atoms with E-state index in [1.54, 1.807) is 6.07 Å². The Morgan fingerprint density at radius 2 is 2.14 bits per heavy atom. The SMILES string of the molecule is COCCCN1C(=O)C(O)=C(C(=O)c2ccco2)[C@H]1c1cccc([N+](=O)[O-])c1. The van der Waals surface area contributed by atoms with Gasteiger partial charge in [-0.05, 0) is 24.1 Å². The molecule has 0 spiro atoms. The molecule has 2 heterocycles. The lowest BCUT2D eigenvalue weighted by Gasteiger charge is -2.26. The van der Waals surface area contributed by atoms with Crippen LogP contribution in [0, 0.1) is 10.1 Å². The van der Waals surface area contributed by atoms with E-state index in [1.807, 2.05) is 0 Å². The maximum absolute atomic E-state index is 12.9. The van der Waals surface area contributed by atoms with Crippen molar-refractivity contribution < 1.29 is 28.8 Å². The van der Waals surface area contributed by atoms with E-state index in [9.17, 15) is 24.8 Å². The first kappa shape index (κ1) is 19.3. The predicted octanol–water partition coefficient (Wildman–Crippen LogP) is 2.80. The highest BCUT2D eigenvalue weighted by Crippen LogP contribution is 2.39. The summed E-state index contributed by atoms with van der Waals surface area (Å²) in [5.41, 5.74) is -0.00485. The van der Waals surface area contributed by atoms with E-state index in [0.29, 0.717) is 18.6 Å². The zero-order valence-corrected chi connectivity index (χ0v) is 15.0. The number of nitro groups is 1. The van der Waals surface area contributed by atoms with Gasteiger partial charge >= 0.3 is 0 Å². The summed E-state index contributed by atoms with van der Waals surface area (Å²) in [7, 11) is 1.52. The molecule has 3 rings (SSSR count). The highest BCUT2D eigenvalue weighted by molar-refractivity contribution is 6.15. The third-order valence-corrected chi connectivity index (χ3v) is 4.44. The molecular formula is C19H18N2O7. The Labute approximate surface area is 160 Å². The smallest absolute Gasteiger partial charge is 0.290 e. The molecule has 1 aliphatic heterocycles. The lowest BCUT2D eigenvalue weighted by molar-refractivity contribution is -0.384. The van der Waals surface area contributed by atoms with Gasteiger partial charge in [-0.2, -0.15) is 0 Å². The summed E-state index contributed by atoms with van der Waals surface area (Å²) >= 11 is 0. The summed E-state index contributed by atoms with van der Waals surface area (Å²) in [4.78, 5) is 37.4. The Balaban J connectivity index is 2.07. The molecule has 1 aromatic heterocycles. The minimum Gasteiger partial charge on any atom is -0.503 e. The molecule has 9 heteroatoms. The van der Waals surface area contributed by atoms with Gasteiger partial charge < -0.3 is 19.2 Å². The number of hydrogen-bond acceptors (Lipinski definition) is 7. The first-order valence-corrected chi connectivity index (χ1v) is 8.51. The number of hydrogen-bond donors (Lipinski definition) is 1. The van der Waals surface area contributed by atoms with Crippen molar-refractivity contribution in [2.45, 2.75) is 12.5 Å². The molecule has 1 amide bonds. The lowest BCUT2D eigenvalue weighted by Crippen LogP contribution is -2.32. The zero-order valence-electron chi connectivity index (χ0n) is 15.0. The first-order valence-electron chi connectivity index (χ1n) is 8.51. The number of nitro benzene ring substituents is 1. The van der Waals surface area contributed by atoms with Crippen LogP contribution in [-0.4, -0.2) is 46.9 Å². The third kappa shape index (κ3) is 3.52. The second-order valence-electron chi connectivity index (χ2n) is 6.17. The molecule has 9 nitrogen and oxygen atoms in total. The molecule has 0 saturated carbocycles. The van der Waals surface area contributed by atoms with Gasteiger partial charge in [0.1, 0.15) is 0 Å². The summed E-state index contributed by atoms with van der Waals surface area (Å²) in [6.45, 7) is 0.562. The second-order valence-corrected chi connectivity index (χ2v) is 6.17. The lowest BCUT2D eigenvalue weighted by atomic mass is 9.94. The maximum Gasteiger partial charge on any atom is 0.290 e. The van der Waals surface area contributed by atoms with E-state index < -0.39 is 28.4 Å². The van der Waals surface area contributed by atoms with E-state index in [0.717, 1.165) is 0 Å². The number of rotatable bonds is 8. The van der Waals surface area contributed by atoms with E-state index in [1.165, 1.54) is 48.6 Å². The van der Waals surface area contributed by atoms with Crippen molar-refractivity contribution in [3.8, 4) is 0 Å². The van der Waals surface area contributed by atoms with E-state index in [-0.39, 0.29) is 23.6 Å². The highest BCUT2D eigenvalue weighted by atomic mass is 16.6. The van der Waals surface area contributed by atoms with E-state index >= 15 is 0 Å². The molecule has 0 aliphatic carbocycles. The van der Waals surface area contributed by atoms with Crippen molar-refractivity contribution in [1.82, 2.24) is 4.90 Å². The van der Waals surface area contributed by atoms with Crippen molar-refractivity contribution in [2.24, 2.45) is 0 Å². The topological polar surface area (TPSA) is 123 Å². The molecule has 1 aromatic carbocycles. The Kier molecular flexibility index (Phi) is 5.55. The van der Waals surface area contributed by atoms with Gasteiger partial charge in [0.25, 0.3) is 11.6 Å². The van der Waals surface area contributed by atoms with Gasteiger partial charge in [-0.25, -0.2) is 0 Å². The molecule has 146 valence electrons. The molecule has 2 aromatic rings. The number of aliphatic hydroxyl groups is 1. The number of ketones is 1. The molecule has 0 saturated heterocycles. The van der Waals surface area contributed by atoms with Crippen LogP contribution in [0.1, 0.15) is 28.6 Å². The van der Waals surface area contributed by atoms with Gasteiger partial charge in [0.05, 0.1) is 22.8 Å². The summed E-state index contributed by atoms with van der Waals surface area (Å²) in [6, 6.07) is 7.60. The monoisotopic (exact) mass is 386 g/mol. The van der Waals surface area contributed by atoms with Crippen molar-refractivity contribution in [1.29, 1.82) is 0 Å². The molecule has 0 radical (unpaired) electrons. The van der Waals surface area contributed by atoms with Crippen LogP contribution in [0.5, 0.6) is 0 Å². The predicted molar refractivity (Wildman–Crippen MR) is 96.7 cm³/mol. The fraction of sp³-hybridized carbons (Fsp3) is 0.263. The van der Waals surface area contributed by atoms with Crippen LogP contribution >= 0.6 is 0 Å². The molecule has 1 atom stereocenters. The van der Waals surface area contributed by atoms with Crippen LogP contribution < -0.4 is 0 Å². The fourth-order valence-electron chi connectivity index (χ4n) is 3.19. The van der Waals surface area contributed by atoms with Gasteiger partial charge in [0, 0.05) is 32.4 Å². The minimum absolute atomic E-state index is 0.0384. The van der Waals surface area contributed by atoms with Crippen LogP contribution in [0.2, 0.25) is 0 Å². The minimum atomic E-state index is -0.971. The quantitative estimate of drug-likeness (QED) is 0.320. The molecule has 0 bridgehead atoms. The van der Waals surface area contributed by atoms with E-state index in [4.69, 9.17) is 9.15 Å². The summed E-state index contributed by atoms with van der Waals surface area (Å²) in [5.74, 6) is -2.09. The molecule has 0 unspecified atom stereocenters. The standard InChI is InChI=1S/C19H18N2O7/c1-27-9-4-8-20-16(12-5-2-6-13(11-12)21(25)26)15(18(23)19(20)24)17(22)14-7-3-10-28-14/h2-3,5-7,10-11,16,23H,4,8-9H2,1H3/t16-/m1/s1. The summed E-state index contributed by atoms with van der Waals surface area (Å²) < 4.78 is 10.1. The molecular weight excluding hydrogens is 368 g/mol. The average Bonchev–Trinajstić information content (AvgIpc) is 3.30. The summed E-state index contributed by atoms with van der Waals surface area (Å²) in [6.07, 6.45) is 1.77. The molecule has 1 N–H and O–H groups in total. The number of nitrogens with zero attached hydrogens (tertiary/aromatic N) is 2. The average molecular weight is 386 g/mol. The van der Waals surface area contributed by atoms with Crippen LogP contribution in [0.3, 0.4) is 0 Å². The third-order valence-electron chi connectivity index (χ3n) is 4.44. The van der Waals surface area contributed by atoms with Gasteiger partial charge in [0.2, 0.25) is 5.78 Å². The van der Waals surface area contributed by atoms with Crippen molar-refractivity contribution >= 4 is 17.4 Å². The van der Waals surface area contributed by atoms with Crippen molar-refractivity contribution in [3.63, 3.8) is 0 Å². The Bertz CT molecular complexity index is 934. The van der Waals surface area contributed by atoms with E-state index in [2.05, 4.69) is 0 Å². The number of amides is 1. The van der Waals surface area contributed by atoms with Crippen LogP contribution in [-0.2, 0) is 9.53 Å². The van der Waals surface area contributed by atoms with Crippen LogP contribution in [0.4, 0.5) is 5.69 Å². The number of aliphatic hydroxyl groups excluding tert-OH is 1. The number of carbonyl (C=O) groups is 2. The van der Waals surface area contributed by atoms with Crippen molar-refractivity contribution in [3.05, 3.63) is 75.4 Å². The first-order chi connectivity index (χ1) is 13.5. The van der Waals surface area contributed by atoms with Gasteiger partial charge in [-0.15, -0.1) is 0 Å². The maximum atomic E-state index is 12.9. The number of non-ortho nitro benzene ring substituents is 1. The van der Waals surface area contributed by atoms with Crippen LogP contribution in [0.15, 0.2) is 58.4 Å². The Morgan fingerprint density at radius 3 is 2.79 bits per heavy atom. The number of carbonyl (C=O) groups excluding carboxylic acids is 2. The second kappa shape index (κ2) is 8.05. The Morgan fingerprint density at radius 1 is 1.36 bits per heavy atom. The number of furan rings is 1. The molecule has 1 aliphatic rings. The number of methoxy groups -OCH3 is 1. The normalized spacial score (nSPS) is 16.7. The van der Waals surface area contributed by atoms with Crippen molar-refractivity contribution in [2.75, 3.05) is 20.3 Å². The highest BCUT2D eigenvalue weighted by Gasteiger charge is 2.44. The van der Waals surface area contributed by atoms with Gasteiger partial charge in [-0.1, -0.05) is 12.1 Å². The Hall–Kier alpha value is -3.46. The number of Topliss-reactive ketones (excluding diaryl/α,β-unsaturated/α-hetero) is 1. The largest absolute Gasteiger partial charge is 0.503 e.